The van der Waals surface area contributed by atoms with E-state index in [0.29, 0.717) is 5.75 Å². The molecule has 34 heavy (non-hydrogen) atoms. The van der Waals surface area contributed by atoms with Crippen molar-refractivity contribution in [3.05, 3.63) is 94.9 Å². The van der Waals surface area contributed by atoms with Crippen molar-refractivity contribution in [1.82, 2.24) is 0 Å². The monoisotopic (exact) mass is 497 g/mol. The van der Waals surface area contributed by atoms with Crippen LogP contribution < -0.4 is 4.74 Å². The van der Waals surface area contributed by atoms with Crippen LogP contribution in [-0.2, 0) is 14.6 Å². The average molecular weight is 498 g/mol. The largest absolute Gasteiger partial charge is 0.497 e. The van der Waals surface area contributed by atoms with Gasteiger partial charge in [-0.25, -0.2) is 18.0 Å². The van der Waals surface area contributed by atoms with Gasteiger partial charge in [-0.2, -0.15) is 5.26 Å². The van der Waals surface area contributed by atoms with Crippen LogP contribution in [0.25, 0.3) is 6.08 Å². The molecule has 174 valence electrons. The summed E-state index contributed by atoms with van der Waals surface area (Å²) in [6, 6.07) is 19.5. The Labute approximate surface area is 200 Å². The second kappa shape index (κ2) is 12.2. The molecule has 0 fully saturated rings. The summed E-state index contributed by atoms with van der Waals surface area (Å²) in [5, 5.41) is 25.8. The van der Waals surface area contributed by atoms with E-state index >= 15 is 0 Å². The quantitative estimate of drug-likeness (QED) is 0.276. The molecule has 8 nitrogen and oxygen atoms in total. The Hall–Kier alpha value is -4.20. The van der Waals surface area contributed by atoms with Gasteiger partial charge in [-0.3, -0.25) is 0 Å². The number of rotatable bonds is 7. The van der Waals surface area contributed by atoms with Gasteiger partial charge >= 0.3 is 11.9 Å². The molecule has 3 rings (SSSR count). The summed E-state index contributed by atoms with van der Waals surface area (Å²) >= 11 is 0.734. The Bertz CT molecular complexity index is 1350. The Morgan fingerprint density at radius 3 is 2.15 bits per heavy atom. The number of allylic oxidation sites excluding steroid dienone is 2. The van der Waals surface area contributed by atoms with E-state index in [2.05, 4.69) is 0 Å². The van der Waals surface area contributed by atoms with Gasteiger partial charge in [0, 0.05) is 0 Å². The van der Waals surface area contributed by atoms with E-state index in [-0.39, 0.29) is 19.6 Å². The van der Waals surface area contributed by atoms with Crippen LogP contribution in [-0.4, -0.2) is 37.7 Å². The summed E-state index contributed by atoms with van der Waals surface area (Å²) in [7, 11) is -2.19. The highest BCUT2D eigenvalue weighted by Crippen LogP contribution is 2.28. The maximum absolute atomic E-state index is 12.2. The lowest BCUT2D eigenvalue weighted by Crippen LogP contribution is -1.99. The van der Waals surface area contributed by atoms with E-state index in [1.165, 1.54) is 37.5 Å². The lowest BCUT2D eigenvalue weighted by atomic mass is 10.2. The van der Waals surface area contributed by atoms with Gasteiger partial charge in [0.15, 0.2) is 0 Å². The molecule has 1 heterocycles. The molecule has 0 aliphatic rings. The third kappa shape index (κ3) is 7.16. The van der Waals surface area contributed by atoms with Crippen LogP contribution in [0, 0.1) is 11.3 Å². The van der Waals surface area contributed by atoms with E-state index in [9.17, 15) is 18.0 Å². The van der Waals surface area contributed by atoms with E-state index in [4.69, 9.17) is 20.2 Å². The van der Waals surface area contributed by atoms with Gasteiger partial charge in [0.25, 0.3) is 0 Å². The summed E-state index contributed by atoms with van der Waals surface area (Å²) in [6.07, 6.45) is 4.55. The summed E-state index contributed by atoms with van der Waals surface area (Å²) < 4.78 is 29.5. The molecule has 2 aromatic carbocycles. The zero-order valence-electron chi connectivity index (χ0n) is 17.8. The molecule has 0 aliphatic carbocycles. The summed E-state index contributed by atoms with van der Waals surface area (Å²) in [6.45, 7) is 0. The summed E-state index contributed by atoms with van der Waals surface area (Å²) in [4.78, 5) is 21.3. The van der Waals surface area contributed by atoms with Crippen LogP contribution in [0.3, 0.4) is 0 Å². The highest BCUT2D eigenvalue weighted by atomic mass is 32.2. The average Bonchev–Trinajstić information content (AvgIpc) is 3.35. The number of methoxy groups -OCH3 is 1. The summed E-state index contributed by atoms with van der Waals surface area (Å²) in [5.74, 6) is -1.80. The lowest BCUT2D eigenvalue weighted by Gasteiger charge is -2.03. The van der Waals surface area contributed by atoms with E-state index in [0.717, 1.165) is 16.9 Å². The second-order valence-corrected chi connectivity index (χ2v) is 9.63. The highest BCUT2D eigenvalue weighted by molar-refractivity contribution is 7.93. The van der Waals surface area contributed by atoms with Gasteiger partial charge in [-0.1, -0.05) is 42.5 Å². The molecule has 10 heteroatoms. The van der Waals surface area contributed by atoms with Crippen molar-refractivity contribution < 1.29 is 33.0 Å². The minimum Gasteiger partial charge on any atom is -0.497 e. The van der Waals surface area contributed by atoms with Crippen molar-refractivity contribution in [3.8, 4) is 11.8 Å². The maximum atomic E-state index is 12.2. The fraction of sp³-hybridized carbons (Fsp3) is 0.0417. The predicted molar refractivity (Wildman–Crippen MR) is 127 cm³/mol. The van der Waals surface area contributed by atoms with Crippen LogP contribution >= 0.6 is 11.3 Å². The van der Waals surface area contributed by atoms with Gasteiger partial charge in [0.05, 0.1) is 12.0 Å². The zero-order chi connectivity index (χ0) is 25.1. The second-order valence-electron chi connectivity index (χ2n) is 6.37. The summed E-state index contributed by atoms with van der Waals surface area (Å²) in [5.41, 5.74) is 0.679. The SMILES string of the molecule is COc1ccc(S(=O)(=O)c2ccc(C(=O)O)s2)cc1.N#CC(=CC=Cc1ccccc1)C(=O)O. The predicted octanol–water partition coefficient (Wildman–Crippen LogP) is 4.52. The zero-order valence-corrected chi connectivity index (χ0v) is 19.4. The van der Waals surface area contributed by atoms with Gasteiger partial charge in [-0.15, -0.1) is 11.3 Å². The van der Waals surface area contributed by atoms with E-state index in [1.54, 1.807) is 30.4 Å². The number of hydrogen-bond donors (Lipinski definition) is 2. The molecule has 0 saturated carbocycles. The first-order chi connectivity index (χ1) is 16.2. The molecular formula is C24H19NO7S2. The molecule has 3 aromatic rings. The number of carboxylic acid groups (broad SMARTS) is 2. The molecule has 1 aromatic heterocycles. The Balaban J connectivity index is 0.000000248. The minimum atomic E-state index is -3.68. The molecule has 0 unspecified atom stereocenters. The number of hydrogen-bond acceptors (Lipinski definition) is 7. The first-order valence-corrected chi connectivity index (χ1v) is 11.8. The molecular weight excluding hydrogens is 478 g/mol. The highest BCUT2D eigenvalue weighted by Gasteiger charge is 2.21. The van der Waals surface area contributed by atoms with Gasteiger partial charge in [-0.05, 0) is 48.0 Å². The van der Waals surface area contributed by atoms with Crippen molar-refractivity contribution in [2.45, 2.75) is 9.10 Å². The maximum Gasteiger partial charge on any atom is 0.346 e. The Morgan fingerprint density at radius 1 is 1.00 bits per heavy atom. The minimum absolute atomic E-state index is 0.00733. The number of aliphatic carboxylic acids is 1. The van der Waals surface area contributed by atoms with Crippen LogP contribution in [0.15, 0.2) is 93.6 Å². The molecule has 2 N–H and O–H groups in total. The number of benzene rings is 2. The molecule has 0 bridgehead atoms. The fourth-order valence-corrected chi connectivity index (χ4v) is 4.97. The number of aromatic carboxylic acids is 1. The van der Waals surface area contributed by atoms with E-state index < -0.39 is 21.8 Å². The van der Waals surface area contributed by atoms with Crippen molar-refractivity contribution in [2.24, 2.45) is 0 Å². The normalized spacial score (nSPS) is 11.2. The van der Waals surface area contributed by atoms with Crippen molar-refractivity contribution in [3.63, 3.8) is 0 Å². The third-order valence-corrected chi connectivity index (χ3v) is 7.46. The van der Waals surface area contributed by atoms with Crippen molar-refractivity contribution in [1.29, 1.82) is 5.26 Å². The third-order valence-electron chi connectivity index (χ3n) is 4.13. The molecule has 0 amide bonds. The van der Waals surface area contributed by atoms with Crippen LogP contribution in [0.5, 0.6) is 5.75 Å². The van der Waals surface area contributed by atoms with Crippen LogP contribution in [0.4, 0.5) is 0 Å². The number of sulfone groups is 1. The van der Waals surface area contributed by atoms with Crippen molar-refractivity contribution in [2.75, 3.05) is 7.11 Å². The topological polar surface area (TPSA) is 142 Å². The first kappa shape index (κ1) is 26.1. The number of carbonyl (C=O) groups is 2. The Kier molecular flexibility index (Phi) is 9.31. The standard InChI is InChI=1S/C12H9NO2.C12H10O5S2/c13-9-11(12(14)15)8-4-7-10-5-2-1-3-6-10;1-17-8-2-4-9(5-3-8)19(15,16)11-7-6-10(18-11)12(13)14/h1-8H,(H,14,15);2-7H,1H3,(H,13,14). The number of ether oxygens (including phenoxy) is 1. The number of carboxylic acids is 2. The lowest BCUT2D eigenvalue weighted by molar-refractivity contribution is -0.132. The van der Waals surface area contributed by atoms with Gasteiger partial charge in [0.2, 0.25) is 9.84 Å². The Morgan fingerprint density at radius 2 is 1.65 bits per heavy atom. The molecule has 0 aliphatic heterocycles. The van der Waals surface area contributed by atoms with Crippen LogP contribution in [0.2, 0.25) is 0 Å². The first-order valence-electron chi connectivity index (χ1n) is 9.48. The van der Waals surface area contributed by atoms with Gasteiger partial charge < -0.3 is 14.9 Å². The number of nitriles is 1. The molecule has 0 spiro atoms. The molecule has 0 saturated heterocycles. The fourth-order valence-electron chi connectivity index (χ4n) is 2.43. The molecule has 0 atom stereocenters. The van der Waals surface area contributed by atoms with Crippen LogP contribution in [0.1, 0.15) is 15.2 Å². The van der Waals surface area contributed by atoms with Crippen molar-refractivity contribution >= 4 is 39.2 Å². The smallest absolute Gasteiger partial charge is 0.346 e. The van der Waals surface area contributed by atoms with E-state index in [1.807, 2.05) is 30.3 Å². The number of nitrogens with zero attached hydrogens (tertiary/aromatic N) is 1. The molecule has 0 radical (unpaired) electrons. The number of thiophene rings is 1. The van der Waals surface area contributed by atoms with Gasteiger partial charge in [0.1, 0.15) is 26.5 Å².